The normalized spacial score (nSPS) is 15.6. The molecule has 0 fully saturated rings. The van der Waals surface area contributed by atoms with E-state index in [0.717, 1.165) is 5.56 Å². The van der Waals surface area contributed by atoms with Gasteiger partial charge in [-0.15, -0.1) is 0 Å². The number of ether oxygens (including phenoxy) is 2. The van der Waals surface area contributed by atoms with Crippen LogP contribution >= 0.6 is 0 Å². The lowest BCUT2D eigenvalue weighted by Crippen LogP contribution is -2.40. The summed E-state index contributed by atoms with van der Waals surface area (Å²) in [7, 11) is 0. The van der Waals surface area contributed by atoms with Gasteiger partial charge in [0.1, 0.15) is 12.7 Å². The van der Waals surface area contributed by atoms with Crippen molar-refractivity contribution < 1.29 is 18.7 Å². The number of carbonyl (C=O) groups is 1. The number of oxazole rings is 1. The van der Waals surface area contributed by atoms with Crippen molar-refractivity contribution in [3.63, 3.8) is 0 Å². The number of hydrogen-bond acceptors (Lipinski definition) is 5. The fraction of sp³-hybridized carbons (Fsp3) is 0.158. The molecule has 6 nitrogen and oxygen atoms in total. The minimum absolute atomic E-state index is 0.253. The SMILES string of the molecule is O=C(NCC1COc2ccccc2O1)c1ncoc1-c1ccccc1. The summed E-state index contributed by atoms with van der Waals surface area (Å²) >= 11 is 0. The van der Waals surface area contributed by atoms with Crippen LogP contribution in [-0.4, -0.2) is 30.1 Å². The molecular formula is C19H16N2O4. The number of para-hydroxylation sites is 2. The van der Waals surface area contributed by atoms with E-state index in [1.165, 1.54) is 6.39 Å². The molecule has 1 aliphatic rings. The number of aromatic nitrogens is 1. The number of amides is 1. The Kier molecular flexibility index (Phi) is 4.08. The van der Waals surface area contributed by atoms with Gasteiger partial charge in [-0.3, -0.25) is 4.79 Å². The maximum absolute atomic E-state index is 12.5. The molecule has 1 amide bonds. The predicted molar refractivity (Wildman–Crippen MR) is 90.6 cm³/mol. The first-order chi connectivity index (χ1) is 12.3. The molecule has 25 heavy (non-hydrogen) atoms. The van der Waals surface area contributed by atoms with Crippen LogP contribution in [0.25, 0.3) is 11.3 Å². The van der Waals surface area contributed by atoms with Crippen molar-refractivity contribution >= 4 is 5.91 Å². The van der Waals surface area contributed by atoms with Gasteiger partial charge in [0.15, 0.2) is 29.3 Å². The van der Waals surface area contributed by atoms with Crippen molar-refractivity contribution in [1.29, 1.82) is 0 Å². The molecule has 1 N–H and O–H groups in total. The van der Waals surface area contributed by atoms with Crippen LogP contribution < -0.4 is 14.8 Å². The van der Waals surface area contributed by atoms with E-state index < -0.39 is 0 Å². The monoisotopic (exact) mass is 336 g/mol. The molecule has 1 atom stereocenters. The lowest BCUT2D eigenvalue weighted by atomic mass is 10.1. The van der Waals surface area contributed by atoms with E-state index in [1.807, 2.05) is 54.6 Å². The first kappa shape index (κ1) is 15.3. The molecule has 0 aliphatic carbocycles. The average molecular weight is 336 g/mol. The molecule has 0 radical (unpaired) electrons. The predicted octanol–water partition coefficient (Wildman–Crippen LogP) is 2.91. The molecule has 1 aromatic heterocycles. The first-order valence-electron chi connectivity index (χ1n) is 7.97. The summed E-state index contributed by atoms with van der Waals surface area (Å²) in [4.78, 5) is 16.5. The van der Waals surface area contributed by atoms with Gasteiger partial charge in [-0.2, -0.15) is 0 Å². The van der Waals surface area contributed by atoms with Crippen molar-refractivity contribution in [1.82, 2.24) is 10.3 Å². The molecule has 1 unspecified atom stereocenters. The van der Waals surface area contributed by atoms with Gasteiger partial charge in [-0.1, -0.05) is 42.5 Å². The molecule has 0 saturated heterocycles. The maximum Gasteiger partial charge on any atom is 0.274 e. The van der Waals surface area contributed by atoms with Gasteiger partial charge in [0.25, 0.3) is 5.91 Å². The Labute approximate surface area is 144 Å². The van der Waals surface area contributed by atoms with Crippen LogP contribution in [0.4, 0.5) is 0 Å². The molecule has 4 rings (SSSR count). The van der Waals surface area contributed by atoms with E-state index in [2.05, 4.69) is 10.3 Å². The van der Waals surface area contributed by atoms with Crippen LogP contribution in [0.5, 0.6) is 11.5 Å². The quantitative estimate of drug-likeness (QED) is 0.793. The number of benzene rings is 2. The number of nitrogens with zero attached hydrogens (tertiary/aromatic N) is 1. The minimum atomic E-state index is -0.310. The summed E-state index contributed by atoms with van der Waals surface area (Å²) in [5, 5.41) is 2.83. The van der Waals surface area contributed by atoms with E-state index in [4.69, 9.17) is 13.9 Å². The minimum Gasteiger partial charge on any atom is -0.486 e. The van der Waals surface area contributed by atoms with Crippen molar-refractivity contribution in [2.24, 2.45) is 0 Å². The van der Waals surface area contributed by atoms with Crippen LogP contribution in [-0.2, 0) is 0 Å². The highest BCUT2D eigenvalue weighted by atomic mass is 16.6. The third kappa shape index (κ3) is 3.19. The number of fused-ring (bicyclic) bond motifs is 1. The molecule has 126 valence electrons. The van der Waals surface area contributed by atoms with Gasteiger partial charge >= 0.3 is 0 Å². The van der Waals surface area contributed by atoms with E-state index in [0.29, 0.717) is 30.4 Å². The third-order valence-corrected chi connectivity index (χ3v) is 3.88. The molecule has 1 aliphatic heterocycles. The number of carbonyl (C=O) groups excluding carboxylic acids is 1. The summed E-state index contributed by atoms with van der Waals surface area (Å²) in [5.41, 5.74) is 1.06. The van der Waals surface area contributed by atoms with Gasteiger partial charge in [0, 0.05) is 5.56 Å². The lowest BCUT2D eigenvalue weighted by molar-refractivity contribution is 0.0787. The van der Waals surface area contributed by atoms with E-state index >= 15 is 0 Å². The van der Waals surface area contributed by atoms with Crippen LogP contribution in [0.3, 0.4) is 0 Å². The Morgan fingerprint density at radius 3 is 2.68 bits per heavy atom. The zero-order chi connectivity index (χ0) is 17.1. The highest BCUT2D eigenvalue weighted by Gasteiger charge is 2.23. The van der Waals surface area contributed by atoms with Gasteiger partial charge < -0.3 is 19.2 Å². The van der Waals surface area contributed by atoms with Gasteiger partial charge in [0.05, 0.1) is 6.54 Å². The fourth-order valence-corrected chi connectivity index (χ4v) is 2.66. The third-order valence-electron chi connectivity index (χ3n) is 3.88. The Bertz CT molecular complexity index is 876. The largest absolute Gasteiger partial charge is 0.486 e. The highest BCUT2D eigenvalue weighted by Crippen LogP contribution is 2.30. The summed E-state index contributed by atoms with van der Waals surface area (Å²) in [5.74, 6) is 1.53. The topological polar surface area (TPSA) is 73.6 Å². The van der Waals surface area contributed by atoms with Crippen LogP contribution in [0.15, 0.2) is 65.4 Å². The van der Waals surface area contributed by atoms with Gasteiger partial charge in [-0.25, -0.2) is 4.98 Å². The highest BCUT2D eigenvalue weighted by molar-refractivity contribution is 5.97. The zero-order valence-electron chi connectivity index (χ0n) is 13.3. The standard InChI is InChI=1S/C19H16N2O4/c22-19(17-18(24-12-21-17)13-6-2-1-3-7-13)20-10-14-11-23-15-8-4-5-9-16(15)25-14/h1-9,12,14H,10-11H2,(H,20,22). The molecule has 2 heterocycles. The van der Waals surface area contributed by atoms with E-state index in [9.17, 15) is 4.79 Å². The van der Waals surface area contributed by atoms with Crippen LogP contribution in [0, 0.1) is 0 Å². The first-order valence-corrected chi connectivity index (χ1v) is 7.97. The molecule has 3 aromatic rings. The molecule has 2 aromatic carbocycles. The molecule has 6 heteroatoms. The van der Waals surface area contributed by atoms with Crippen molar-refractivity contribution in [2.45, 2.75) is 6.10 Å². The summed E-state index contributed by atoms with van der Waals surface area (Å²) in [6, 6.07) is 16.9. The molecule has 0 saturated carbocycles. The second-order valence-electron chi connectivity index (χ2n) is 5.60. The van der Waals surface area contributed by atoms with Gasteiger partial charge in [0.2, 0.25) is 0 Å². The summed E-state index contributed by atoms with van der Waals surface area (Å²) in [6.07, 6.45) is 1.01. The number of rotatable bonds is 4. The molecular weight excluding hydrogens is 320 g/mol. The Morgan fingerprint density at radius 2 is 1.84 bits per heavy atom. The fourth-order valence-electron chi connectivity index (χ4n) is 2.66. The maximum atomic E-state index is 12.5. The Morgan fingerprint density at radius 1 is 1.08 bits per heavy atom. The average Bonchev–Trinajstić information content (AvgIpc) is 3.16. The Hall–Kier alpha value is -3.28. The molecule has 0 bridgehead atoms. The second-order valence-corrected chi connectivity index (χ2v) is 5.60. The second kappa shape index (κ2) is 6.68. The van der Waals surface area contributed by atoms with E-state index in [-0.39, 0.29) is 17.7 Å². The van der Waals surface area contributed by atoms with Crippen molar-refractivity contribution in [3.05, 3.63) is 66.7 Å². The van der Waals surface area contributed by atoms with Crippen LogP contribution in [0.1, 0.15) is 10.5 Å². The van der Waals surface area contributed by atoms with E-state index in [1.54, 1.807) is 0 Å². The smallest absolute Gasteiger partial charge is 0.274 e. The lowest BCUT2D eigenvalue weighted by Gasteiger charge is -2.26. The summed E-state index contributed by atoms with van der Waals surface area (Å²) < 4.78 is 16.9. The van der Waals surface area contributed by atoms with Gasteiger partial charge in [-0.05, 0) is 12.1 Å². The van der Waals surface area contributed by atoms with Crippen LogP contribution in [0.2, 0.25) is 0 Å². The van der Waals surface area contributed by atoms with Crippen molar-refractivity contribution in [2.75, 3.05) is 13.2 Å². The summed E-state index contributed by atoms with van der Waals surface area (Å²) in [6.45, 7) is 0.690. The zero-order valence-corrected chi connectivity index (χ0v) is 13.3. The number of hydrogen-bond donors (Lipinski definition) is 1. The van der Waals surface area contributed by atoms with Crippen molar-refractivity contribution in [3.8, 4) is 22.8 Å². The Balaban J connectivity index is 1.42. The number of nitrogens with one attached hydrogen (secondary N) is 1. The molecule has 0 spiro atoms.